The van der Waals surface area contributed by atoms with Crippen LogP contribution in [0.2, 0.25) is 0 Å². The quantitative estimate of drug-likeness (QED) is 0.859. The third kappa shape index (κ3) is 3.78. The Labute approximate surface area is 129 Å². The lowest BCUT2D eigenvalue weighted by Crippen LogP contribution is -2.48. The molecule has 0 aromatic heterocycles. The summed E-state index contributed by atoms with van der Waals surface area (Å²) in [7, 11) is 1.88. The minimum atomic E-state index is 0.0394. The zero-order valence-electron chi connectivity index (χ0n) is 10.7. The molecular formula is C13H16Br2N2O2. The molecule has 1 fully saturated rings. The highest BCUT2D eigenvalue weighted by molar-refractivity contribution is 9.11. The Kier molecular flexibility index (Phi) is 5.38. The summed E-state index contributed by atoms with van der Waals surface area (Å²) in [5.74, 6) is 0.0394. The fourth-order valence-corrected chi connectivity index (χ4v) is 2.86. The van der Waals surface area contributed by atoms with Gasteiger partial charge in [-0.05, 0) is 41.2 Å². The summed E-state index contributed by atoms with van der Waals surface area (Å²) < 4.78 is 7.33. The van der Waals surface area contributed by atoms with Crippen LogP contribution in [-0.2, 0) is 4.74 Å². The molecule has 19 heavy (non-hydrogen) atoms. The zero-order chi connectivity index (χ0) is 13.8. The van der Waals surface area contributed by atoms with Gasteiger partial charge in [-0.1, -0.05) is 15.9 Å². The lowest BCUT2D eigenvalue weighted by atomic mass is 10.1. The molecule has 1 atom stereocenters. The number of benzene rings is 1. The van der Waals surface area contributed by atoms with E-state index in [1.54, 1.807) is 0 Å². The van der Waals surface area contributed by atoms with Crippen molar-refractivity contribution in [2.24, 2.45) is 0 Å². The normalized spacial score (nSPS) is 19.5. The van der Waals surface area contributed by atoms with E-state index in [0.29, 0.717) is 25.3 Å². The number of morpholine rings is 1. The number of hydrogen-bond donors (Lipinski definition) is 1. The molecule has 6 heteroatoms. The number of carbonyl (C=O) groups excluding carboxylic acids is 1. The van der Waals surface area contributed by atoms with E-state index in [1.807, 2.05) is 30.1 Å². The molecule has 0 bridgehead atoms. The standard InChI is InChI=1S/C13H16Br2N2O2/c1-16-7-10-8-17(4-5-19-10)13(18)11-6-9(14)2-3-12(11)15/h2-3,6,10,16H,4-5,7-8H2,1H3. The molecule has 1 heterocycles. The van der Waals surface area contributed by atoms with E-state index in [0.717, 1.165) is 15.5 Å². The van der Waals surface area contributed by atoms with Gasteiger partial charge in [0.15, 0.2) is 0 Å². The maximum Gasteiger partial charge on any atom is 0.255 e. The highest BCUT2D eigenvalue weighted by Crippen LogP contribution is 2.23. The van der Waals surface area contributed by atoms with Gasteiger partial charge in [-0.15, -0.1) is 0 Å². The molecule has 1 amide bonds. The predicted molar refractivity (Wildman–Crippen MR) is 81.4 cm³/mol. The van der Waals surface area contributed by atoms with Gasteiger partial charge in [0.2, 0.25) is 0 Å². The van der Waals surface area contributed by atoms with Crippen LogP contribution in [0.25, 0.3) is 0 Å². The highest BCUT2D eigenvalue weighted by Gasteiger charge is 2.25. The van der Waals surface area contributed by atoms with Crippen LogP contribution < -0.4 is 5.32 Å². The summed E-state index contributed by atoms with van der Waals surface area (Å²) in [6.45, 7) is 2.60. The minimum absolute atomic E-state index is 0.0394. The van der Waals surface area contributed by atoms with Gasteiger partial charge in [-0.25, -0.2) is 0 Å². The molecule has 1 saturated heterocycles. The molecule has 1 aliphatic rings. The Morgan fingerprint density at radius 1 is 1.53 bits per heavy atom. The average molecular weight is 392 g/mol. The third-order valence-electron chi connectivity index (χ3n) is 3.02. The van der Waals surface area contributed by atoms with Crippen LogP contribution in [0.3, 0.4) is 0 Å². The van der Waals surface area contributed by atoms with Crippen molar-refractivity contribution in [1.29, 1.82) is 0 Å². The van der Waals surface area contributed by atoms with Crippen molar-refractivity contribution in [2.75, 3.05) is 33.3 Å². The number of hydrogen-bond acceptors (Lipinski definition) is 3. The second-order valence-corrected chi connectivity index (χ2v) is 6.20. The number of halogens is 2. The van der Waals surface area contributed by atoms with Crippen molar-refractivity contribution in [3.8, 4) is 0 Å². The topological polar surface area (TPSA) is 41.6 Å². The monoisotopic (exact) mass is 390 g/mol. The maximum absolute atomic E-state index is 12.5. The molecule has 1 unspecified atom stereocenters. The van der Waals surface area contributed by atoms with Crippen molar-refractivity contribution in [1.82, 2.24) is 10.2 Å². The van der Waals surface area contributed by atoms with Gasteiger partial charge in [0.05, 0.1) is 18.3 Å². The second-order valence-electron chi connectivity index (χ2n) is 4.43. The Hall–Kier alpha value is -0.430. The molecule has 1 aliphatic heterocycles. The summed E-state index contributed by atoms with van der Waals surface area (Å²) in [6.07, 6.45) is 0.0635. The van der Waals surface area contributed by atoms with Crippen molar-refractivity contribution >= 4 is 37.8 Å². The smallest absolute Gasteiger partial charge is 0.255 e. The van der Waals surface area contributed by atoms with Crippen LogP contribution in [-0.4, -0.2) is 50.2 Å². The van der Waals surface area contributed by atoms with E-state index in [9.17, 15) is 4.79 Å². The van der Waals surface area contributed by atoms with E-state index < -0.39 is 0 Å². The Balaban J connectivity index is 2.12. The van der Waals surface area contributed by atoms with Gasteiger partial charge in [-0.3, -0.25) is 4.79 Å². The lowest BCUT2D eigenvalue weighted by molar-refractivity contribution is -0.0196. The van der Waals surface area contributed by atoms with Crippen LogP contribution in [0.15, 0.2) is 27.1 Å². The largest absolute Gasteiger partial charge is 0.373 e. The molecule has 4 nitrogen and oxygen atoms in total. The summed E-state index contributed by atoms with van der Waals surface area (Å²) in [5.41, 5.74) is 0.680. The first-order chi connectivity index (χ1) is 9.11. The molecule has 2 rings (SSSR count). The molecule has 1 aromatic carbocycles. The zero-order valence-corrected chi connectivity index (χ0v) is 13.8. The van der Waals surface area contributed by atoms with E-state index in [2.05, 4.69) is 37.2 Å². The first kappa shape index (κ1) is 15.0. The Morgan fingerprint density at radius 2 is 2.32 bits per heavy atom. The molecular weight excluding hydrogens is 376 g/mol. The van der Waals surface area contributed by atoms with Crippen LogP contribution in [0.4, 0.5) is 0 Å². The molecule has 1 aromatic rings. The Bertz CT molecular complexity index is 466. The van der Waals surface area contributed by atoms with Crippen LogP contribution >= 0.6 is 31.9 Å². The molecule has 0 aliphatic carbocycles. The minimum Gasteiger partial charge on any atom is -0.373 e. The fourth-order valence-electron chi connectivity index (χ4n) is 2.09. The van der Waals surface area contributed by atoms with Gasteiger partial charge >= 0.3 is 0 Å². The van der Waals surface area contributed by atoms with Crippen molar-refractivity contribution in [2.45, 2.75) is 6.10 Å². The number of likely N-dealkylation sites (N-methyl/N-ethyl adjacent to an activating group) is 1. The summed E-state index contributed by atoms with van der Waals surface area (Å²) in [4.78, 5) is 14.4. The molecule has 0 radical (unpaired) electrons. The number of nitrogens with zero attached hydrogens (tertiary/aromatic N) is 1. The van der Waals surface area contributed by atoms with Crippen molar-refractivity contribution in [3.63, 3.8) is 0 Å². The van der Waals surface area contributed by atoms with Crippen LogP contribution in [0, 0.1) is 0 Å². The highest BCUT2D eigenvalue weighted by atomic mass is 79.9. The molecule has 0 saturated carbocycles. The first-order valence-corrected chi connectivity index (χ1v) is 7.71. The van der Waals surface area contributed by atoms with Crippen molar-refractivity contribution in [3.05, 3.63) is 32.7 Å². The van der Waals surface area contributed by atoms with Gasteiger partial charge in [0.1, 0.15) is 0 Å². The fraction of sp³-hybridized carbons (Fsp3) is 0.462. The SMILES string of the molecule is CNCC1CN(C(=O)c2cc(Br)ccc2Br)CCO1. The van der Waals surface area contributed by atoms with Crippen molar-refractivity contribution < 1.29 is 9.53 Å². The van der Waals surface area contributed by atoms with Gasteiger partial charge in [0.25, 0.3) is 5.91 Å². The van der Waals surface area contributed by atoms with Gasteiger partial charge in [0, 0.05) is 28.6 Å². The number of nitrogens with one attached hydrogen (secondary N) is 1. The number of carbonyl (C=O) groups is 1. The van der Waals surface area contributed by atoms with E-state index in [1.165, 1.54) is 0 Å². The first-order valence-electron chi connectivity index (χ1n) is 6.12. The van der Waals surface area contributed by atoms with Crippen LogP contribution in [0.1, 0.15) is 10.4 Å². The van der Waals surface area contributed by atoms with E-state index >= 15 is 0 Å². The average Bonchev–Trinajstić information content (AvgIpc) is 2.41. The summed E-state index contributed by atoms with van der Waals surface area (Å²) >= 11 is 6.83. The molecule has 0 spiro atoms. The third-order valence-corrected chi connectivity index (χ3v) is 4.20. The summed E-state index contributed by atoms with van der Waals surface area (Å²) in [6, 6.07) is 5.63. The number of rotatable bonds is 3. The maximum atomic E-state index is 12.5. The van der Waals surface area contributed by atoms with Gasteiger partial charge in [-0.2, -0.15) is 0 Å². The molecule has 104 valence electrons. The number of amides is 1. The van der Waals surface area contributed by atoms with E-state index in [-0.39, 0.29) is 12.0 Å². The van der Waals surface area contributed by atoms with Crippen LogP contribution in [0.5, 0.6) is 0 Å². The molecule has 1 N–H and O–H groups in total. The predicted octanol–water partition coefficient (Wildman–Crippen LogP) is 2.27. The lowest BCUT2D eigenvalue weighted by Gasteiger charge is -2.33. The van der Waals surface area contributed by atoms with Gasteiger partial charge < -0.3 is 15.0 Å². The Morgan fingerprint density at radius 3 is 3.05 bits per heavy atom. The number of ether oxygens (including phenoxy) is 1. The second kappa shape index (κ2) is 6.83. The van der Waals surface area contributed by atoms with E-state index in [4.69, 9.17) is 4.74 Å². The summed E-state index contributed by atoms with van der Waals surface area (Å²) in [5, 5.41) is 3.08.